The maximum Gasteiger partial charge on any atom is 0.104 e. The van der Waals surface area contributed by atoms with Crippen molar-refractivity contribution in [1.82, 2.24) is 4.57 Å². The number of aliphatic hydroxyl groups excluding tert-OH is 1. The van der Waals surface area contributed by atoms with E-state index in [0.29, 0.717) is 0 Å². The molecule has 1 heterocycles. The number of para-hydroxylation sites is 2. The molecule has 2 atom stereocenters. The smallest absolute Gasteiger partial charge is 0.104 e. The zero-order valence-electron chi connectivity index (χ0n) is 16.4. The number of aliphatic hydroxyl groups is 1. The summed E-state index contributed by atoms with van der Waals surface area (Å²) in [5, 5.41) is 14.0. The molecule has 142 valence electrons. The van der Waals surface area contributed by atoms with E-state index >= 15 is 0 Å². The summed E-state index contributed by atoms with van der Waals surface area (Å²) in [4.78, 5) is 0. The summed E-state index contributed by atoms with van der Waals surface area (Å²) in [6, 6.07) is 35.2. The first kappa shape index (κ1) is 17.7. The van der Waals surface area contributed by atoms with Crippen LogP contribution >= 0.6 is 0 Å². The molecule has 1 N–H and O–H groups in total. The van der Waals surface area contributed by atoms with E-state index in [1.54, 1.807) is 0 Å². The Hall–Kier alpha value is -3.36. The molecule has 4 aromatic carbocycles. The summed E-state index contributed by atoms with van der Waals surface area (Å²) in [7, 11) is 0. The second-order valence-corrected chi connectivity index (χ2v) is 7.62. The number of hydrogen-bond acceptors (Lipinski definition) is 1. The molecular formula is C27H23NO. The molecular weight excluding hydrogens is 354 g/mol. The molecule has 0 fully saturated rings. The van der Waals surface area contributed by atoms with Crippen LogP contribution in [-0.4, -0.2) is 9.67 Å². The van der Waals surface area contributed by atoms with Gasteiger partial charge < -0.3 is 9.67 Å². The van der Waals surface area contributed by atoms with Crippen LogP contribution in [0.15, 0.2) is 103 Å². The van der Waals surface area contributed by atoms with Gasteiger partial charge in [-0.05, 0) is 30.2 Å². The molecule has 0 bridgehead atoms. The van der Waals surface area contributed by atoms with Gasteiger partial charge in [0.2, 0.25) is 0 Å². The molecule has 5 rings (SSSR count). The molecule has 5 aromatic rings. The highest BCUT2D eigenvalue weighted by molar-refractivity contribution is 6.08. The highest BCUT2D eigenvalue weighted by Crippen LogP contribution is 2.40. The maximum absolute atomic E-state index is 11.6. The molecule has 1 aromatic heterocycles. The van der Waals surface area contributed by atoms with Gasteiger partial charge in [0, 0.05) is 21.8 Å². The van der Waals surface area contributed by atoms with Gasteiger partial charge in [-0.25, -0.2) is 0 Å². The van der Waals surface area contributed by atoms with Crippen LogP contribution in [0.2, 0.25) is 0 Å². The quantitative estimate of drug-likeness (QED) is 0.384. The van der Waals surface area contributed by atoms with Crippen LogP contribution < -0.4 is 0 Å². The Kier molecular flexibility index (Phi) is 4.42. The van der Waals surface area contributed by atoms with Gasteiger partial charge in [-0.15, -0.1) is 0 Å². The summed E-state index contributed by atoms with van der Waals surface area (Å²) >= 11 is 0. The Balaban J connectivity index is 1.81. The van der Waals surface area contributed by atoms with Crippen molar-refractivity contribution in [2.75, 3.05) is 0 Å². The van der Waals surface area contributed by atoms with Crippen LogP contribution in [0.25, 0.3) is 21.8 Å². The standard InChI is InChI=1S/C27H23NO/c1-19-15-17-21(18-16-19)27(29)26(20-9-3-2-4-10-20)28-24-13-7-5-11-22(24)23-12-6-8-14-25(23)28/h2-18,26-27,29H,1H3. The largest absolute Gasteiger partial charge is 0.386 e. The minimum atomic E-state index is -0.669. The Morgan fingerprint density at radius 3 is 1.69 bits per heavy atom. The van der Waals surface area contributed by atoms with Crippen molar-refractivity contribution < 1.29 is 5.11 Å². The molecule has 0 spiro atoms. The van der Waals surface area contributed by atoms with Crippen LogP contribution in [0.1, 0.15) is 28.8 Å². The second-order valence-electron chi connectivity index (χ2n) is 7.62. The van der Waals surface area contributed by atoms with E-state index in [-0.39, 0.29) is 6.04 Å². The van der Waals surface area contributed by atoms with Crippen molar-refractivity contribution >= 4 is 21.8 Å². The lowest BCUT2D eigenvalue weighted by atomic mass is 9.94. The fraction of sp³-hybridized carbons (Fsp3) is 0.111. The number of aryl methyl sites for hydroxylation is 1. The molecule has 0 amide bonds. The van der Waals surface area contributed by atoms with Crippen LogP contribution in [0, 0.1) is 6.92 Å². The van der Waals surface area contributed by atoms with Crippen molar-refractivity contribution in [3.05, 3.63) is 120 Å². The van der Waals surface area contributed by atoms with Crippen molar-refractivity contribution in [3.63, 3.8) is 0 Å². The lowest BCUT2D eigenvalue weighted by Gasteiger charge is -2.27. The number of hydrogen-bond donors (Lipinski definition) is 1. The Morgan fingerprint density at radius 1 is 0.586 bits per heavy atom. The average molecular weight is 377 g/mol. The van der Waals surface area contributed by atoms with Gasteiger partial charge in [-0.1, -0.05) is 96.6 Å². The molecule has 2 unspecified atom stereocenters. The second kappa shape index (κ2) is 7.23. The fourth-order valence-electron chi connectivity index (χ4n) is 4.32. The SMILES string of the molecule is Cc1ccc(C(O)C(c2ccccc2)n2c3ccccc3c3ccccc32)cc1. The van der Waals surface area contributed by atoms with E-state index < -0.39 is 6.10 Å². The Bertz CT molecular complexity index is 1220. The topological polar surface area (TPSA) is 25.2 Å². The summed E-state index contributed by atoms with van der Waals surface area (Å²) in [5.74, 6) is 0. The number of aromatic nitrogens is 1. The summed E-state index contributed by atoms with van der Waals surface area (Å²) in [6.45, 7) is 2.07. The fourth-order valence-corrected chi connectivity index (χ4v) is 4.32. The Labute approximate surface area is 170 Å². The number of rotatable bonds is 4. The maximum atomic E-state index is 11.6. The van der Waals surface area contributed by atoms with Gasteiger partial charge in [0.15, 0.2) is 0 Å². The predicted octanol–water partition coefficient (Wildman–Crippen LogP) is 6.43. The van der Waals surface area contributed by atoms with Gasteiger partial charge >= 0.3 is 0 Å². The third kappa shape index (κ3) is 3.02. The summed E-state index contributed by atoms with van der Waals surface area (Å²) in [5.41, 5.74) is 5.47. The average Bonchev–Trinajstić information content (AvgIpc) is 3.10. The van der Waals surface area contributed by atoms with Gasteiger partial charge in [-0.3, -0.25) is 0 Å². The summed E-state index contributed by atoms with van der Waals surface area (Å²) in [6.07, 6.45) is -0.669. The van der Waals surface area contributed by atoms with E-state index in [1.165, 1.54) is 16.3 Å². The minimum Gasteiger partial charge on any atom is -0.386 e. The lowest BCUT2D eigenvalue weighted by molar-refractivity contribution is 0.135. The van der Waals surface area contributed by atoms with Gasteiger partial charge in [-0.2, -0.15) is 0 Å². The number of nitrogens with zero attached hydrogens (tertiary/aromatic N) is 1. The molecule has 0 aliphatic carbocycles. The van der Waals surface area contributed by atoms with E-state index in [4.69, 9.17) is 0 Å². The molecule has 0 aliphatic heterocycles. The molecule has 2 nitrogen and oxygen atoms in total. The highest BCUT2D eigenvalue weighted by atomic mass is 16.3. The van der Waals surface area contributed by atoms with Crippen LogP contribution in [0.3, 0.4) is 0 Å². The van der Waals surface area contributed by atoms with Crippen molar-refractivity contribution in [2.45, 2.75) is 19.1 Å². The molecule has 0 saturated heterocycles. The molecule has 2 heteroatoms. The first-order chi connectivity index (χ1) is 14.2. The van der Waals surface area contributed by atoms with E-state index in [9.17, 15) is 5.11 Å². The Morgan fingerprint density at radius 2 is 1.10 bits per heavy atom. The van der Waals surface area contributed by atoms with E-state index in [2.05, 4.69) is 84.3 Å². The minimum absolute atomic E-state index is 0.233. The molecule has 0 radical (unpaired) electrons. The first-order valence-corrected chi connectivity index (χ1v) is 10.0. The van der Waals surface area contributed by atoms with Gasteiger partial charge in [0.25, 0.3) is 0 Å². The number of benzene rings is 4. The van der Waals surface area contributed by atoms with E-state index in [0.717, 1.165) is 22.2 Å². The van der Waals surface area contributed by atoms with E-state index in [1.807, 2.05) is 30.3 Å². The molecule has 0 saturated carbocycles. The van der Waals surface area contributed by atoms with Crippen LogP contribution in [0.5, 0.6) is 0 Å². The van der Waals surface area contributed by atoms with Crippen LogP contribution in [0.4, 0.5) is 0 Å². The first-order valence-electron chi connectivity index (χ1n) is 10.0. The third-order valence-corrected chi connectivity index (χ3v) is 5.75. The van der Waals surface area contributed by atoms with Gasteiger partial charge in [0.1, 0.15) is 6.10 Å². The monoisotopic (exact) mass is 377 g/mol. The molecule has 29 heavy (non-hydrogen) atoms. The zero-order chi connectivity index (χ0) is 19.8. The van der Waals surface area contributed by atoms with Crippen molar-refractivity contribution in [1.29, 1.82) is 0 Å². The third-order valence-electron chi connectivity index (χ3n) is 5.75. The lowest BCUT2D eigenvalue weighted by Crippen LogP contribution is -2.19. The summed E-state index contributed by atoms with van der Waals surface area (Å²) < 4.78 is 2.30. The number of fused-ring (bicyclic) bond motifs is 3. The van der Waals surface area contributed by atoms with Crippen LogP contribution in [-0.2, 0) is 0 Å². The van der Waals surface area contributed by atoms with Gasteiger partial charge in [0.05, 0.1) is 6.04 Å². The van der Waals surface area contributed by atoms with Crippen molar-refractivity contribution in [3.8, 4) is 0 Å². The van der Waals surface area contributed by atoms with Crippen molar-refractivity contribution in [2.24, 2.45) is 0 Å². The molecule has 0 aliphatic rings. The zero-order valence-corrected chi connectivity index (χ0v) is 16.4. The predicted molar refractivity (Wildman–Crippen MR) is 120 cm³/mol. The normalized spacial score (nSPS) is 13.6. The highest BCUT2D eigenvalue weighted by Gasteiger charge is 2.27.